The Bertz CT molecular complexity index is 1040. The lowest BCUT2D eigenvalue weighted by molar-refractivity contribution is -0.150. The fourth-order valence-corrected chi connectivity index (χ4v) is 5.97. The summed E-state index contributed by atoms with van der Waals surface area (Å²) in [5.74, 6) is -1.04. The zero-order valence-electron chi connectivity index (χ0n) is 15.3. The maximum absolute atomic E-state index is 13.0. The molecule has 2 aromatic rings. The third kappa shape index (κ3) is 1.94. The Morgan fingerprint density at radius 3 is 2.29 bits per heavy atom. The van der Waals surface area contributed by atoms with Gasteiger partial charge < -0.3 is 0 Å². The van der Waals surface area contributed by atoms with Gasteiger partial charge in [-0.15, -0.1) is 0 Å². The van der Waals surface area contributed by atoms with Crippen LogP contribution >= 0.6 is 0 Å². The quantitative estimate of drug-likeness (QED) is 0.665. The number of benzene rings is 2. The Labute approximate surface area is 162 Å². The third-order valence-corrected chi connectivity index (χ3v) is 7.32. The summed E-state index contributed by atoms with van der Waals surface area (Å²) in [6.07, 6.45) is 6.60. The first-order chi connectivity index (χ1) is 13.6. The molecule has 5 nitrogen and oxygen atoms in total. The molecule has 4 aliphatic rings. The van der Waals surface area contributed by atoms with Crippen molar-refractivity contribution in [2.24, 2.45) is 29.1 Å². The Morgan fingerprint density at radius 2 is 1.61 bits per heavy atom. The van der Waals surface area contributed by atoms with E-state index >= 15 is 0 Å². The number of hydrogen-bond acceptors (Lipinski definition) is 3. The van der Waals surface area contributed by atoms with Crippen molar-refractivity contribution < 1.29 is 14.4 Å². The molecule has 3 aliphatic carbocycles. The van der Waals surface area contributed by atoms with Crippen LogP contribution in [-0.4, -0.2) is 22.7 Å². The van der Waals surface area contributed by atoms with E-state index in [1.54, 1.807) is 0 Å². The van der Waals surface area contributed by atoms with Crippen molar-refractivity contribution >= 4 is 28.5 Å². The Balaban J connectivity index is 1.23. The van der Waals surface area contributed by atoms with Crippen molar-refractivity contribution in [1.82, 2.24) is 10.4 Å². The SMILES string of the molecule is O=C(Cc1cccc2ccccc12)NN1C(=O)[C@@H]2[C@H](C1=O)[C@H]1C=C[C@@H]2C12CC2. The van der Waals surface area contributed by atoms with E-state index in [9.17, 15) is 14.4 Å². The van der Waals surface area contributed by atoms with E-state index in [4.69, 9.17) is 0 Å². The highest BCUT2D eigenvalue weighted by Crippen LogP contribution is 2.73. The highest BCUT2D eigenvalue weighted by Gasteiger charge is 2.73. The van der Waals surface area contributed by atoms with Gasteiger partial charge in [0.05, 0.1) is 18.3 Å². The second kappa shape index (κ2) is 5.31. The molecule has 2 aromatic carbocycles. The van der Waals surface area contributed by atoms with Gasteiger partial charge >= 0.3 is 0 Å². The summed E-state index contributed by atoms with van der Waals surface area (Å²) in [4.78, 5) is 38.6. The second-order valence-corrected chi connectivity index (χ2v) is 8.58. The van der Waals surface area contributed by atoms with E-state index in [2.05, 4.69) is 17.6 Å². The van der Waals surface area contributed by atoms with Gasteiger partial charge in [-0.05, 0) is 46.4 Å². The fourth-order valence-electron chi connectivity index (χ4n) is 5.97. The molecule has 2 saturated carbocycles. The van der Waals surface area contributed by atoms with Crippen LogP contribution in [0.1, 0.15) is 18.4 Å². The summed E-state index contributed by atoms with van der Waals surface area (Å²) in [5.41, 5.74) is 3.65. The number of nitrogens with one attached hydrogen (secondary N) is 1. The number of fused-ring (bicyclic) bond motifs is 4. The predicted octanol–water partition coefficient (Wildman–Crippen LogP) is 2.61. The smallest absolute Gasteiger partial charge is 0.252 e. The standard InChI is InChI=1S/C23H20N2O3/c26-18(12-14-6-3-5-13-4-1-2-7-15(13)14)24-25-21(27)19-16-8-9-17(20(19)22(25)28)23(16)10-11-23/h1-9,16-17,19-20H,10-12H2,(H,24,26)/t16-,17+,19-,20+. The van der Waals surface area contributed by atoms with Crippen LogP contribution in [0.4, 0.5) is 0 Å². The molecule has 1 aliphatic heterocycles. The Kier molecular flexibility index (Phi) is 3.04. The molecule has 3 amide bonds. The molecule has 1 spiro atoms. The molecule has 140 valence electrons. The van der Waals surface area contributed by atoms with Crippen LogP contribution < -0.4 is 5.43 Å². The number of rotatable bonds is 3. The lowest BCUT2D eigenvalue weighted by Crippen LogP contribution is -2.48. The normalized spacial score (nSPS) is 31.1. The van der Waals surface area contributed by atoms with Crippen molar-refractivity contribution in [3.8, 4) is 0 Å². The third-order valence-electron chi connectivity index (χ3n) is 7.32. The number of nitrogens with zero attached hydrogens (tertiary/aromatic N) is 1. The van der Waals surface area contributed by atoms with Crippen molar-refractivity contribution in [2.75, 3.05) is 0 Å². The highest BCUT2D eigenvalue weighted by molar-refractivity contribution is 6.08. The summed E-state index contributed by atoms with van der Waals surface area (Å²) in [6.45, 7) is 0. The number of carbonyl (C=O) groups excluding carboxylic acids is 3. The molecule has 1 N–H and O–H groups in total. The molecule has 0 unspecified atom stereocenters. The molecule has 1 saturated heterocycles. The fraction of sp³-hybridized carbons (Fsp3) is 0.348. The lowest BCUT2D eigenvalue weighted by Gasteiger charge is -2.22. The van der Waals surface area contributed by atoms with Gasteiger partial charge in [0.15, 0.2) is 0 Å². The zero-order chi connectivity index (χ0) is 19.0. The van der Waals surface area contributed by atoms with Crippen LogP contribution in [0.2, 0.25) is 0 Å². The van der Waals surface area contributed by atoms with E-state index < -0.39 is 0 Å². The minimum absolute atomic E-state index is 0.128. The number of imide groups is 1. The largest absolute Gasteiger partial charge is 0.273 e. The minimum Gasteiger partial charge on any atom is -0.273 e. The van der Waals surface area contributed by atoms with Gasteiger partial charge in [0.25, 0.3) is 11.8 Å². The van der Waals surface area contributed by atoms with Gasteiger partial charge in [0.1, 0.15) is 0 Å². The first-order valence-corrected chi connectivity index (χ1v) is 9.92. The molecular formula is C23H20N2O3. The van der Waals surface area contributed by atoms with Crippen molar-refractivity contribution in [1.29, 1.82) is 0 Å². The number of hydrazine groups is 1. The highest BCUT2D eigenvalue weighted by atomic mass is 16.2. The average Bonchev–Trinajstić information content (AvgIpc) is 3.31. The van der Waals surface area contributed by atoms with E-state index in [0.717, 1.165) is 34.2 Å². The molecule has 0 radical (unpaired) electrons. The number of carbonyl (C=O) groups is 3. The summed E-state index contributed by atoms with van der Waals surface area (Å²) in [5, 5.41) is 3.08. The maximum atomic E-state index is 13.0. The minimum atomic E-state index is -0.334. The maximum Gasteiger partial charge on any atom is 0.252 e. The van der Waals surface area contributed by atoms with Crippen LogP contribution in [0.5, 0.6) is 0 Å². The van der Waals surface area contributed by atoms with Gasteiger partial charge in [-0.3, -0.25) is 19.8 Å². The van der Waals surface area contributed by atoms with Gasteiger partial charge in [-0.25, -0.2) is 0 Å². The summed E-state index contributed by atoms with van der Waals surface area (Å²) in [7, 11) is 0. The lowest BCUT2D eigenvalue weighted by atomic mass is 9.85. The Morgan fingerprint density at radius 1 is 0.964 bits per heavy atom. The average molecular weight is 372 g/mol. The molecule has 5 heteroatoms. The second-order valence-electron chi connectivity index (χ2n) is 8.58. The first-order valence-electron chi connectivity index (χ1n) is 9.92. The molecule has 3 fully saturated rings. The van der Waals surface area contributed by atoms with E-state index in [0.29, 0.717) is 0 Å². The number of amides is 3. The zero-order valence-corrected chi connectivity index (χ0v) is 15.3. The van der Waals surface area contributed by atoms with Gasteiger partial charge in [0.2, 0.25) is 5.91 Å². The number of allylic oxidation sites excluding steroid dienone is 2. The summed E-state index contributed by atoms with van der Waals surface area (Å²) < 4.78 is 0. The van der Waals surface area contributed by atoms with Crippen molar-refractivity contribution in [3.63, 3.8) is 0 Å². The van der Waals surface area contributed by atoms with Crippen LogP contribution in [0.25, 0.3) is 10.8 Å². The van der Waals surface area contributed by atoms with Crippen molar-refractivity contribution in [3.05, 3.63) is 60.2 Å². The van der Waals surface area contributed by atoms with Crippen molar-refractivity contribution in [2.45, 2.75) is 19.3 Å². The summed E-state index contributed by atoms with van der Waals surface area (Å²) in [6, 6.07) is 13.7. The Hall–Kier alpha value is -2.95. The van der Waals surface area contributed by atoms with E-state index in [1.807, 2.05) is 42.5 Å². The van der Waals surface area contributed by atoms with Crippen LogP contribution in [0.3, 0.4) is 0 Å². The topological polar surface area (TPSA) is 66.5 Å². The first kappa shape index (κ1) is 16.0. The molecule has 6 rings (SSSR count). The molecule has 0 aromatic heterocycles. The number of hydrogen-bond donors (Lipinski definition) is 1. The van der Waals surface area contributed by atoms with E-state index in [1.165, 1.54) is 0 Å². The molecule has 4 atom stereocenters. The molecule has 2 bridgehead atoms. The van der Waals surface area contributed by atoms with Crippen LogP contribution in [-0.2, 0) is 20.8 Å². The van der Waals surface area contributed by atoms with Crippen LogP contribution in [0.15, 0.2) is 54.6 Å². The monoisotopic (exact) mass is 372 g/mol. The predicted molar refractivity (Wildman–Crippen MR) is 102 cm³/mol. The van der Waals surface area contributed by atoms with Gasteiger partial charge in [-0.2, -0.15) is 5.01 Å². The summed E-state index contributed by atoms with van der Waals surface area (Å²) >= 11 is 0. The molecule has 28 heavy (non-hydrogen) atoms. The van der Waals surface area contributed by atoms with Crippen LogP contribution in [0, 0.1) is 29.1 Å². The van der Waals surface area contributed by atoms with Gasteiger partial charge in [0, 0.05) is 0 Å². The van der Waals surface area contributed by atoms with E-state index in [-0.39, 0.29) is 53.2 Å². The molecular weight excluding hydrogens is 352 g/mol. The molecule has 1 heterocycles. The van der Waals surface area contributed by atoms with Gasteiger partial charge in [-0.1, -0.05) is 54.6 Å².